The summed E-state index contributed by atoms with van der Waals surface area (Å²) in [7, 11) is 2.58. The normalized spacial score (nSPS) is 96.9. The van der Waals surface area contributed by atoms with Crippen LogP contribution in [-0.2, 0) is 0 Å². The predicted molar refractivity (Wildman–Crippen MR) is 73.0 cm³/mol. The van der Waals surface area contributed by atoms with Crippen LogP contribution in [0.2, 0.25) is 0 Å². The van der Waals surface area contributed by atoms with Gasteiger partial charge in [-0.3, -0.25) is 9.88 Å². The van der Waals surface area contributed by atoms with Crippen LogP contribution in [0.5, 0.6) is 0 Å². The highest BCUT2D eigenvalue weighted by atomic mass is 32.3. The maximum Gasteiger partial charge on any atom is 0.155 e. The summed E-state index contributed by atoms with van der Waals surface area (Å²) in [5, 5.41) is 6.96. The van der Waals surface area contributed by atoms with Crippen LogP contribution in [0.4, 0.5) is 0 Å². The average Bonchev–Trinajstić information content (AvgIpc) is 3.05. The fourth-order valence-corrected chi connectivity index (χ4v) is 22.5. The number of fused-ring (bicyclic) bond motifs is 6. The van der Waals surface area contributed by atoms with Crippen molar-refractivity contribution in [3.05, 3.63) is 0 Å². The first kappa shape index (κ1) is 7.97. The van der Waals surface area contributed by atoms with Crippen molar-refractivity contribution >= 4 is 27.0 Å². The van der Waals surface area contributed by atoms with E-state index in [0.29, 0.717) is 0 Å². The summed E-state index contributed by atoms with van der Waals surface area (Å²) in [6.45, 7) is 0. The number of rotatable bonds is 0. The molecule has 4 aliphatic carbocycles. The Morgan fingerprint density at radius 3 is 1.93 bits per heavy atom. The third kappa shape index (κ3) is 0.540. The summed E-state index contributed by atoms with van der Waals surface area (Å²) in [6.07, 6.45) is 9.59. The van der Waals surface area contributed by atoms with Crippen molar-refractivity contribution in [3.63, 3.8) is 0 Å². The second kappa shape index (κ2) is 1.60. The van der Waals surface area contributed by atoms with Gasteiger partial charge in [0.1, 0.15) is 0 Å². The highest BCUT2D eigenvalue weighted by Crippen LogP contribution is 3.05. The summed E-state index contributed by atoms with van der Waals surface area (Å²) in [6, 6.07) is 0. The number of hydrogen-bond donors (Lipinski definition) is 0. The Balaban J connectivity index is 1.65. The van der Waals surface area contributed by atoms with Crippen LogP contribution in [0.1, 0.15) is 25.7 Å². The molecule has 0 radical (unpaired) electrons. The lowest BCUT2D eigenvalue weighted by molar-refractivity contribution is 0.867. The van der Waals surface area contributed by atoms with E-state index in [4.69, 9.17) is 0 Å². The van der Waals surface area contributed by atoms with E-state index in [1.807, 2.05) is 0 Å². The highest BCUT2D eigenvalue weighted by Gasteiger charge is 2.91. The Kier molecular flexibility index (Phi) is 0.852. The number of hydrogen-bond acceptors (Lipinski definition) is 0. The van der Waals surface area contributed by atoms with E-state index in [2.05, 4.69) is 13.4 Å². The first-order valence-corrected chi connectivity index (χ1v) is 11.2. The van der Waals surface area contributed by atoms with Crippen LogP contribution in [0.3, 0.4) is 0 Å². The zero-order valence-corrected chi connectivity index (χ0v) is 11.3. The van der Waals surface area contributed by atoms with Crippen LogP contribution in [-0.4, -0.2) is 39.5 Å². The molecule has 0 N–H and O–H groups in total. The molecule has 8 atom stereocenters. The summed E-state index contributed by atoms with van der Waals surface area (Å²) >= 11 is 0. The van der Waals surface area contributed by atoms with Gasteiger partial charge >= 0.3 is 0 Å². The molecule has 2 heterocycles. The van der Waals surface area contributed by atoms with Gasteiger partial charge in [0.05, 0.1) is 0 Å². The standard InChI is InChI=1S/C12H19BS2/c1-14-6-15(13,9-4-11(9)2-7(11)14)10-5-12(10)3-8(12)14/h7-10H,2-6,13H2,1H3/t7-,8?,9+,10-,11?,12?/m1/s1. The van der Waals surface area contributed by atoms with Crippen molar-refractivity contribution in [3.8, 4) is 0 Å². The molecule has 0 aromatic heterocycles. The Labute approximate surface area is 95.9 Å². The lowest BCUT2D eigenvalue weighted by Gasteiger charge is -2.56. The van der Waals surface area contributed by atoms with Crippen LogP contribution >= 0.6 is 19.9 Å². The average molecular weight is 238 g/mol. The Morgan fingerprint density at radius 2 is 1.40 bits per heavy atom. The molecular formula is C12H19BS2. The molecule has 5 unspecified atom stereocenters. The van der Waals surface area contributed by atoms with Gasteiger partial charge in [0.15, 0.2) is 7.12 Å². The van der Waals surface area contributed by atoms with Crippen LogP contribution < -0.4 is 0 Å². The third-order valence-electron chi connectivity index (χ3n) is 7.29. The topological polar surface area (TPSA) is 0 Å². The van der Waals surface area contributed by atoms with Crippen LogP contribution in [0.15, 0.2) is 0 Å². The minimum atomic E-state index is -0.105. The van der Waals surface area contributed by atoms with Crippen molar-refractivity contribution in [1.82, 2.24) is 0 Å². The minimum Gasteiger partial charge on any atom is -0.263 e. The second-order valence-corrected chi connectivity index (χ2v) is 16.0. The molecule has 6 fully saturated rings. The van der Waals surface area contributed by atoms with Gasteiger partial charge in [-0.1, -0.05) is 0 Å². The van der Waals surface area contributed by atoms with Gasteiger partial charge in [-0.2, -0.15) is 0 Å². The van der Waals surface area contributed by atoms with Gasteiger partial charge in [0, 0.05) is 5.08 Å². The van der Waals surface area contributed by atoms with Gasteiger partial charge in [-0.15, -0.1) is 0 Å². The molecule has 0 aromatic carbocycles. The molecule has 2 saturated heterocycles. The van der Waals surface area contributed by atoms with Crippen molar-refractivity contribution in [2.24, 2.45) is 10.8 Å². The van der Waals surface area contributed by atoms with Gasteiger partial charge in [-0.05, 0) is 63.8 Å². The van der Waals surface area contributed by atoms with E-state index in [1.54, 1.807) is 30.8 Å². The minimum absolute atomic E-state index is 0.105. The molecule has 0 aromatic rings. The fraction of sp³-hybridized carbons (Fsp3) is 1.00. The quantitative estimate of drug-likeness (QED) is 0.565. The van der Waals surface area contributed by atoms with E-state index < -0.39 is 0 Å². The molecule has 6 aliphatic rings. The lowest BCUT2D eigenvalue weighted by Crippen LogP contribution is -2.34. The monoisotopic (exact) mass is 238 g/mol. The van der Waals surface area contributed by atoms with Crippen LogP contribution in [0.25, 0.3) is 0 Å². The Hall–Kier alpha value is 0.765. The molecule has 82 valence electrons. The van der Waals surface area contributed by atoms with E-state index in [1.165, 1.54) is 21.0 Å². The summed E-state index contributed by atoms with van der Waals surface area (Å²) < 4.78 is 0. The van der Waals surface area contributed by atoms with E-state index in [0.717, 1.165) is 10.8 Å². The molecule has 2 bridgehead atoms. The Bertz CT molecular complexity index is 373. The zero-order valence-electron chi connectivity index (χ0n) is 9.66. The van der Waals surface area contributed by atoms with E-state index in [9.17, 15) is 0 Å². The van der Waals surface area contributed by atoms with Gasteiger partial charge in [0.2, 0.25) is 0 Å². The van der Waals surface area contributed by atoms with E-state index in [-0.39, 0.29) is 19.9 Å². The maximum atomic E-state index is 2.79. The van der Waals surface area contributed by atoms with E-state index >= 15 is 0 Å². The SMILES string of the molecule is BS12CS(C)(C3CC34C[C@H]41)[C@@H]1CC13C[C@@H]32. The largest absolute Gasteiger partial charge is 0.263 e. The molecule has 4 saturated carbocycles. The van der Waals surface area contributed by atoms with Crippen molar-refractivity contribution in [2.75, 3.05) is 11.3 Å². The fourth-order valence-electron chi connectivity index (χ4n) is 6.43. The molecule has 6 rings (SSSR count). The molecule has 15 heavy (non-hydrogen) atoms. The van der Waals surface area contributed by atoms with Gasteiger partial charge in [0.25, 0.3) is 0 Å². The third-order valence-corrected chi connectivity index (χ3v) is 19.1. The lowest BCUT2D eigenvalue weighted by atomic mass is 10.4. The van der Waals surface area contributed by atoms with Crippen LogP contribution in [0, 0.1) is 10.8 Å². The van der Waals surface area contributed by atoms with Crippen molar-refractivity contribution < 1.29 is 0 Å². The predicted octanol–water partition coefficient (Wildman–Crippen LogP) is 1.82. The molecular weight excluding hydrogens is 219 g/mol. The Morgan fingerprint density at radius 1 is 0.933 bits per heavy atom. The summed E-state index contributed by atoms with van der Waals surface area (Å²) in [5.41, 5.74) is 2.04. The van der Waals surface area contributed by atoms with Gasteiger partial charge < -0.3 is 0 Å². The molecule has 3 heteroatoms. The molecule has 2 aliphatic heterocycles. The highest BCUT2D eigenvalue weighted by molar-refractivity contribution is 8.60. The summed E-state index contributed by atoms with van der Waals surface area (Å²) in [4.78, 5) is 0. The zero-order chi connectivity index (χ0) is 9.84. The molecule has 0 amide bonds. The first-order valence-electron chi connectivity index (χ1n) is 6.54. The maximum absolute atomic E-state index is 2.79. The van der Waals surface area contributed by atoms with Crippen molar-refractivity contribution in [2.45, 2.75) is 46.7 Å². The molecule has 0 nitrogen and oxygen atoms in total. The summed E-state index contributed by atoms with van der Waals surface area (Å²) in [5.74, 6) is 0. The molecule has 2 spiro atoms. The second-order valence-electron chi connectivity index (χ2n) is 7.81. The van der Waals surface area contributed by atoms with Gasteiger partial charge in [-0.25, -0.2) is 10.0 Å². The van der Waals surface area contributed by atoms with Crippen molar-refractivity contribution in [1.29, 1.82) is 0 Å². The smallest absolute Gasteiger partial charge is 0.155 e. The first-order chi connectivity index (χ1) is 7.06.